The highest BCUT2D eigenvalue weighted by Crippen LogP contribution is 2.39. The molecular formula is C39H44N2O3Si. The second kappa shape index (κ2) is 14.7. The molecule has 0 heterocycles. The van der Waals surface area contributed by atoms with Gasteiger partial charge in [0.1, 0.15) is 0 Å². The van der Waals surface area contributed by atoms with Gasteiger partial charge >= 0.3 is 8.80 Å². The smallest absolute Gasteiger partial charge is 0.373 e. The van der Waals surface area contributed by atoms with E-state index in [1.165, 1.54) is 16.7 Å². The lowest BCUT2D eigenvalue weighted by molar-refractivity contribution is 0.140. The van der Waals surface area contributed by atoms with Crippen LogP contribution < -0.4 is 15.0 Å². The number of anilines is 6. The molecule has 6 heteroatoms. The molecule has 0 fully saturated rings. The van der Waals surface area contributed by atoms with Crippen molar-refractivity contribution in [2.75, 3.05) is 31.1 Å². The van der Waals surface area contributed by atoms with Crippen LogP contribution in [0.3, 0.4) is 0 Å². The van der Waals surface area contributed by atoms with Crippen molar-refractivity contribution in [3.63, 3.8) is 0 Å². The summed E-state index contributed by atoms with van der Waals surface area (Å²) in [4.78, 5) is 4.60. The minimum atomic E-state index is -2.94. The summed E-state index contributed by atoms with van der Waals surface area (Å²) >= 11 is 0. The largest absolute Gasteiger partial charge is 0.536 e. The maximum atomic E-state index is 5.73. The van der Waals surface area contributed by atoms with E-state index in [4.69, 9.17) is 13.3 Å². The van der Waals surface area contributed by atoms with Gasteiger partial charge in [-0.25, -0.2) is 0 Å². The average Bonchev–Trinajstić information content (AvgIpc) is 3.11. The normalized spacial score (nSPS) is 11.4. The van der Waals surface area contributed by atoms with Crippen molar-refractivity contribution in [1.29, 1.82) is 0 Å². The minimum Gasteiger partial charge on any atom is -0.373 e. The Balaban J connectivity index is 1.56. The first-order valence-corrected chi connectivity index (χ1v) is 17.4. The highest BCUT2D eigenvalue weighted by Gasteiger charge is 2.40. The van der Waals surface area contributed by atoms with Crippen LogP contribution >= 0.6 is 0 Å². The van der Waals surface area contributed by atoms with Crippen LogP contribution in [0, 0.1) is 0 Å². The van der Waals surface area contributed by atoms with Crippen molar-refractivity contribution in [2.24, 2.45) is 0 Å². The van der Waals surface area contributed by atoms with Gasteiger partial charge in [0.25, 0.3) is 0 Å². The van der Waals surface area contributed by atoms with E-state index in [0.29, 0.717) is 0 Å². The fraction of sp³-hybridized carbons (Fsp3) is 0.231. The van der Waals surface area contributed by atoms with Crippen LogP contribution in [-0.4, -0.2) is 30.1 Å². The topological polar surface area (TPSA) is 34.2 Å². The molecule has 0 saturated heterocycles. The van der Waals surface area contributed by atoms with E-state index >= 15 is 0 Å². The second-order valence-corrected chi connectivity index (χ2v) is 13.9. The first-order chi connectivity index (χ1) is 22.0. The zero-order valence-electron chi connectivity index (χ0n) is 27.3. The number of hydrogen-bond acceptors (Lipinski definition) is 5. The molecule has 5 aromatic carbocycles. The molecule has 0 aromatic heterocycles. The Hall–Kier alpha value is -4.20. The van der Waals surface area contributed by atoms with Gasteiger partial charge in [0, 0.05) is 60.6 Å². The van der Waals surface area contributed by atoms with Crippen LogP contribution in [0.2, 0.25) is 0 Å². The lowest BCUT2D eigenvalue weighted by atomic mass is 10.1. The van der Waals surface area contributed by atoms with Crippen molar-refractivity contribution in [3.05, 3.63) is 138 Å². The predicted octanol–water partition coefficient (Wildman–Crippen LogP) is 9.40. The average molecular weight is 617 g/mol. The molecule has 0 aliphatic rings. The molecule has 0 atom stereocenters. The van der Waals surface area contributed by atoms with Gasteiger partial charge in [-0.3, -0.25) is 0 Å². The summed E-state index contributed by atoms with van der Waals surface area (Å²) in [5, 5.41) is 0.911. The summed E-state index contributed by atoms with van der Waals surface area (Å²) in [7, 11) is 1.96. The molecule has 0 unspecified atom stereocenters. The molecular weight excluding hydrogens is 573 g/mol. The summed E-state index contributed by atoms with van der Waals surface area (Å²) in [6, 6.07) is 43.6. The molecule has 0 aliphatic carbocycles. The van der Waals surface area contributed by atoms with Crippen LogP contribution in [0.25, 0.3) is 0 Å². The number of benzene rings is 5. The number of hydrogen-bond donors (Lipinski definition) is 0. The van der Waals surface area contributed by atoms with E-state index in [9.17, 15) is 0 Å². The van der Waals surface area contributed by atoms with E-state index in [1.54, 1.807) is 21.3 Å². The van der Waals surface area contributed by atoms with Gasteiger partial charge in [-0.1, -0.05) is 69.3 Å². The van der Waals surface area contributed by atoms with Crippen LogP contribution in [0.4, 0.5) is 34.1 Å². The molecule has 0 radical (unpaired) electrons. The van der Waals surface area contributed by atoms with E-state index < -0.39 is 8.80 Å². The second-order valence-electron chi connectivity index (χ2n) is 11.0. The fourth-order valence-electron chi connectivity index (χ4n) is 5.71. The summed E-state index contributed by atoms with van der Waals surface area (Å²) in [5.74, 6) is 0. The van der Waals surface area contributed by atoms with Crippen LogP contribution in [0.15, 0.2) is 121 Å². The van der Waals surface area contributed by atoms with Crippen molar-refractivity contribution in [2.45, 2.75) is 40.0 Å². The standard InChI is InChI=1S/C39H44N2O3Si/c1-7-30-10-16-33(17-11-30)40(34-18-12-31(8-2)13-19-34)36-22-24-37(25-23-36)41(35-20-14-32(9-3)15-21-35)38-26-28-39(29-27-38)45(42-4,43-5)44-6/h10-29H,7-9H2,1-6H3. The Bertz CT molecular complexity index is 1580. The summed E-state index contributed by atoms with van der Waals surface area (Å²) in [5.41, 5.74) is 10.5. The number of aryl methyl sites for hydroxylation is 3. The van der Waals surface area contributed by atoms with Crippen LogP contribution in [-0.2, 0) is 32.5 Å². The van der Waals surface area contributed by atoms with E-state index in [-0.39, 0.29) is 0 Å². The minimum absolute atomic E-state index is 0.911. The Kier molecular flexibility index (Phi) is 10.5. The lowest BCUT2D eigenvalue weighted by Crippen LogP contribution is -2.54. The third-order valence-electron chi connectivity index (χ3n) is 8.46. The van der Waals surface area contributed by atoms with Crippen molar-refractivity contribution in [1.82, 2.24) is 0 Å². The van der Waals surface area contributed by atoms with Gasteiger partial charge in [0.2, 0.25) is 0 Å². The predicted molar refractivity (Wildman–Crippen MR) is 190 cm³/mol. The Labute approximate surface area is 270 Å². The van der Waals surface area contributed by atoms with Gasteiger partial charge in [-0.15, -0.1) is 0 Å². The molecule has 0 N–H and O–H groups in total. The molecule has 0 amide bonds. The molecule has 0 aliphatic heterocycles. The van der Waals surface area contributed by atoms with Gasteiger partial charge in [0.05, 0.1) is 0 Å². The van der Waals surface area contributed by atoms with Gasteiger partial charge in [-0.2, -0.15) is 0 Å². The third-order valence-corrected chi connectivity index (χ3v) is 11.1. The third kappa shape index (κ3) is 6.90. The van der Waals surface area contributed by atoms with E-state index in [0.717, 1.165) is 58.6 Å². The summed E-state index contributed by atoms with van der Waals surface area (Å²) < 4.78 is 17.2. The van der Waals surface area contributed by atoms with Gasteiger partial charge in [-0.05, 0) is 109 Å². The van der Waals surface area contributed by atoms with Crippen LogP contribution in [0.5, 0.6) is 0 Å². The van der Waals surface area contributed by atoms with Crippen molar-refractivity contribution >= 4 is 48.1 Å². The molecule has 5 aromatic rings. The van der Waals surface area contributed by atoms with Crippen molar-refractivity contribution < 1.29 is 13.3 Å². The molecule has 5 rings (SSSR count). The lowest BCUT2D eigenvalue weighted by Gasteiger charge is -2.29. The summed E-state index contributed by atoms with van der Waals surface area (Å²) in [6.07, 6.45) is 3.03. The molecule has 0 saturated carbocycles. The SMILES string of the molecule is CCc1ccc(N(c2ccc(CC)cc2)c2ccc(N(c3ccc(CC)cc3)c3ccc([Si](OC)(OC)OC)cc3)cc2)cc1. The van der Waals surface area contributed by atoms with Crippen molar-refractivity contribution in [3.8, 4) is 0 Å². The highest BCUT2D eigenvalue weighted by atomic mass is 28.4. The maximum Gasteiger partial charge on any atom is 0.536 e. The molecule has 45 heavy (non-hydrogen) atoms. The Morgan fingerprint density at radius 1 is 0.378 bits per heavy atom. The molecule has 5 nitrogen and oxygen atoms in total. The fourth-order valence-corrected chi connectivity index (χ4v) is 7.49. The Morgan fingerprint density at radius 3 is 0.822 bits per heavy atom. The Morgan fingerprint density at radius 2 is 0.600 bits per heavy atom. The van der Waals surface area contributed by atoms with E-state index in [2.05, 4.69) is 140 Å². The quantitative estimate of drug-likeness (QED) is 0.123. The maximum absolute atomic E-state index is 5.73. The number of rotatable bonds is 13. The van der Waals surface area contributed by atoms with E-state index in [1.807, 2.05) is 12.1 Å². The van der Waals surface area contributed by atoms with Crippen LogP contribution in [0.1, 0.15) is 37.5 Å². The molecule has 232 valence electrons. The van der Waals surface area contributed by atoms with Gasteiger partial charge in [0.15, 0.2) is 0 Å². The summed E-state index contributed by atoms with van der Waals surface area (Å²) in [6.45, 7) is 6.56. The first kappa shape index (κ1) is 32.2. The first-order valence-electron chi connectivity index (χ1n) is 15.7. The molecule has 0 spiro atoms. The number of nitrogens with zero attached hydrogens (tertiary/aromatic N) is 2. The van der Waals surface area contributed by atoms with Gasteiger partial charge < -0.3 is 23.1 Å². The zero-order valence-corrected chi connectivity index (χ0v) is 28.3. The highest BCUT2D eigenvalue weighted by molar-refractivity contribution is 6.75. The molecule has 0 bridgehead atoms. The monoisotopic (exact) mass is 616 g/mol. The zero-order chi connectivity index (χ0) is 31.8.